The third-order valence-corrected chi connectivity index (χ3v) is 4.56. The van der Waals surface area contributed by atoms with Gasteiger partial charge in [-0.05, 0) is 50.4 Å². The molecule has 2 saturated heterocycles. The van der Waals surface area contributed by atoms with Gasteiger partial charge in [0.05, 0.1) is 0 Å². The number of carbonyl (C=O) groups is 1. The van der Waals surface area contributed by atoms with Crippen molar-refractivity contribution in [1.29, 1.82) is 0 Å². The standard InChI is InChI=1S/C15H20ClN3O/c16-11-6-10(7-12(17)8-11)15(20)18-13-3-5-19-4-1-2-14(19)9-13/h6-8,13-14H,1-5,9,17H2,(H,18,20). The number of anilines is 1. The lowest BCUT2D eigenvalue weighted by Crippen LogP contribution is -2.47. The van der Waals surface area contributed by atoms with Gasteiger partial charge in [-0.3, -0.25) is 4.79 Å². The van der Waals surface area contributed by atoms with Crippen LogP contribution in [0.25, 0.3) is 0 Å². The van der Waals surface area contributed by atoms with Gasteiger partial charge in [0, 0.05) is 34.9 Å². The van der Waals surface area contributed by atoms with Gasteiger partial charge >= 0.3 is 0 Å². The molecule has 0 radical (unpaired) electrons. The van der Waals surface area contributed by atoms with Crippen molar-refractivity contribution < 1.29 is 4.79 Å². The summed E-state index contributed by atoms with van der Waals surface area (Å²) < 4.78 is 0. The van der Waals surface area contributed by atoms with Crippen LogP contribution in [0.2, 0.25) is 5.02 Å². The highest BCUT2D eigenvalue weighted by atomic mass is 35.5. The van der Waals surface area contributed by atoms with Crippen molar-refractivity contribution >= 4 is 23.2 Å². The molecule has 1 aromatic carbocycles. The van der Waals surface area contributed by atoms with E-state index in [0.29, 0.717) is 22.3 Å². The Balaban J connectivity index is 1.64. The van der Waals surface area contributed by atoms with E-state index in [0.717, 1.165) is 19.4 Å². The van der Waals surface area contributed by atoms with Crippen LogP contribution in [0.15, 0.2) is 18.2 Å². The fourth-order valence-electron chi connectivity index (χ4n) is 3.37. The average molecular weight is 294 g/mol. The molecule has 0 aliphatic carbocycles. The number of nitrogens with zero attached hydrogens (tertiary/aromatic N) is 1. The number of fused-ring (bicyclic) bond motifs is 1. The van der Waals surface area contributed by atoms with Crippen LogP contribution in [-0.2, 0) is 0 Å². The van der Waals surface area contributed by atoms with Crippen LogP contribution in [-0.4, -0.2) is 36.0 Å². The van der Waals surface area contributed by atoms with Crippen molar-refractivity contribution in [1.82, 2.24) is 10.2 Å². The highest BCUT2D eigenvalue weighted by molar-refractivity contribution is 6.31. The smallest absolute Gasteiger partial charge is 0.251 e. The van der Waals surface area contributed by atoms with Gasteiger partial charge in [-0.15, -0.1) is 0 Å². The van der Waals surface area contributed by atoms with Crippen LogP contribution < -0.4 is 11.1 Å². The minimum absolute atomic E-state index is 0.0735. The predicted octanol–water partition coefficient (Wildman–Crippen LogP) is 2.28. The SMILES string of the molecule is Nc1cc(Cl)cc(C(=O)NC2CCN3CCCC3C2)c1. The molecule has 0 bridgehead atoms. The first kappa shape index (κ1) is 13.7. The first-order chi connectivity index (χ1) is 9.61. The maximum absolute atomic E-state index is 12.3. The van der Waals surface area contributed by atoms with Crippen molar-refractivity contribution in [3.63, 3.8) is 0 Å². The Bertz CT molecular complexity index is 500. The van der Waals surface area contributed by atoms with Crippen LogP contribution >= 0.6 is 11.6 Å². The second-order valence-electron chi connectivity index (χ2n) is 5.80. The van der Waals surface area contributed by atoms with Crippen LogP contribution in [0.4, 0.5) is 5.69 Å². The summed E-state index contributed by atoms with van der Waals surface area (Å²) in [5, 5.41) is 3.62. The van der Waals surface area contributed by atoms with Crippen LogP contribution in [0.1, 0.15) is 36.0 Å². The van der Waals surface area contributed by atoms with E-state index in [-0.39, 0.29) is 11.9 Å². The highest BCUT2D eigenvalue weighted by Crippen LogP contribution is 2.27. The molecule has 2 aliphatic rings. The number of piperidine rings is 1. The van der Waals surface area contributed by atoms with Crippen LogP contribution in [0.3, 0.4) is 0 Å². The van der Waals surface area contributed by atoms with E-state index in [1.807, 2.05) is 0 Å². The number of carbonyl (C=O) groups excluding carboxylic acids is 1. The molecule has 5 heteroatoms. The largest absolute Gasteiger partial charge is 0.399 e. The van der Waals surface area contributed by atoms with Gasteiger partial charge in [0.2, 0.25) is 0 Å². The van der Waals surface area contributed by atoms with Crippen molar-refractivity contribution in [3.05, 3.63) is 28.8 Å². The molecule has 3 rings (SSSR count). The van der Waals surface area contributed by atoms with Gasteiger partial charge in [0.1, 0.15) is 0 Å². The molecule has 1 amide bonds. The van der Waals surface area contributed by atoms with Crippen molar-refractivity contribution in [2.75, 3.05) is 18.8 Å². The zero-order valence-electron chi connectivity index (χ0n) is 11.4. The maximum Gasteiger partial charge on any atom is 0.251 e. The first-order valence-electron chi connectivity index (χ1n) is 7.23. The number of nitrogens with one attached hydrogen (secondary N) is 1. The number of amides is 1. The van der Waals surface area contributed by atoms with E-state index in [1.165, 1.54) is 19.4 Å². The van der Waals surface area contributed by atoms with Crippen molar-refractivity contribution in [3.8, 4) is 0 Å². The molecule has 108 valence electrons. The van der Waals surface area contributed by atoms with Gasteiger partial charge in [-0.25, -0.2) is 0 Å². The van der Waals surface area contributed by atoms with Crippen LogP contribution in [0, 0.1) is 0 Å². The Hall–Kier alpha value is -1.26. The third kappa shape index (κ3) is 2.91. The summed E-state index contributed by atoms with van der Waals surface area (Å²) in [6.07, 6.45) is 4.63. The van der Waals surface area contributed by atoms with Gasteiger partial charge in [0.15, 0.2) is 0 Å². The summed E-state index contributed by atoms with van der Waals surface area (Å²) in [6.45, 7) is 2.31. The lowest BCUT2D eigenvalue weighted by Gasteiger charge is -2.35. The monoisotopic (exact) mass is 293 g/mol. The fraction of sp³-hybridized carbons (Fsp3) is 0.533. The van der Waals surface area contributed by atoms with E-state index in [9.17, 15) is 4.79 Å². The summed E-state index contributed by atoms with van der Waals surface area (Å²) in [5.74, 6) is -0.0735. The van der Waals surface area contributed by atoms with E-state index in [2.05, 4.69) is 10.2 Å². The second-order valence-corrected chi connectivity index (χ2v) is 6.24. The van der Waals surface area contributed by atoms with Gasteiger partial charge < -0.3 is 16.0 Å². The number of benzene rings is 1. The Morgan fingerprint density at radius 1 is 1.30 bits per heavy atom. The summed E-state index contributed by atoms with van der Waals surface area (Å²) in [5.41, 5.74) is 6.80. The van der Waals surface area contributed by atoms with Gasteiger partial charge in [-0.1, -0.05) is 11.6 Å². The molecule has 0 saturated carbocycles. The van der Waals surface area contributed by atoms with E-state index < -0.39 is 0 Å². The minimum Gasteiger partial charge on any atom is -0.399 e. The number of hydrogen-bond donors (Lipinski definition) is 2. The molecule has 20 heavy (non-hydrogen) atoms. The Labute approximate surface area is 124 Å². The Morgan fingerprint density at radius 3 is 2.95 bits per heavy atom. The van der Waals surface area contributed by atoms with E-state index in [1.54, 1.807) is 18.2 Å². The number of hydrogen-bond acceptors (Lipinski definition) is 3. The molecule has 2 aliphatic heterocycles. The van der Waals surface area contributed by atoms with E-state index in [4.69, 9.17) is 17.3 Å². The maximum atomic E-state index is 12.3. The zero-order chi connectivity index (χ0) is 14.1. The number of nitrogens with two attached hydrogens (primary N) is 1. The lowest BCUT2D eigenvalue weighted by atomic mass is 9.97. The van der Waals surface area contributed by atoms with E-state index >= 15 is 0 Å². The molecule has 0 aromatic heterocycles. The average Bonchev–Trinajstić information content (AvgIpc) is 2.85. The van der Waals surface area contributed by atoms with Gasteiger partial charge in [-0.2, -0.15) is 0 Å². The number of rotatable bonds is 2. The van der Waals surface area contributed by atoms with Crippen molar-refractivity contribution in [2.45, 2.75) is 37.8 Å². The lowest BCUT2D eigenvalue weighted by molar-refractivity contribution is 0.0896. The number of nitrogen functional groups attached to an aromatic ring is 1. The zero-order valence-corrected chi connectivity index (χ0v) is 12.2. The Kier molecular flexibility index (Phi) is 3.85. The summed E-state index contributed by atoms with van der Waals surface area (Å²) in [4.78, 5) is 14.8. The van der Waals surface area contributed by atoms with Crippen LogP contribution in [0.5, 0.6) is 0 Å². The molecule has 2 fully saturated rings. The quantitative estimate of drug-likeness (QED) is 0.823. The first-order valence-corrected chi connectivity index (χ1v) is 7.60. The molecule has 3 N–H and O–H groups in total. The highest BCUT2D eigenvalue weighted by Gasteiger charge is 2.32. The molecule has 1 aromatic rings. The topological polar surface area (TPSA) is 58.4 Å². The second kappa shape index (κ2) is 5.62. The summed E-state index contributed by atoms with van der Waals surface area (Å²) in [6, 6.07) is 5.90. The molecule has 2 unspecified atom stereocenters. The molecule has 2 atom stereocenters. The van der Waals surface area contributed by atoms with Gasteiger partial charge in [0.25, 0.3) is 5.91 Å². The molecule has 2 heterocycles. The molecule has 4 nitrogen and oxygen atoms in total. The molecular weight excluding hydrogens is 274 g/mol. The summed E-state index contributed by atoms with van der Waals surface area (Å²) >= 11 is 5.94. The third-order valence-electron chi connectivity index (χ3n) is 4.34. The van der Waals surface area contributed by atoms with Crippen molar-refractivity contribution in [2.24, 2.45) is 0 Å². The summed E-state index contributed by atoms with van der Waals surface area (Å²) in [7, 11) is 0. The molecule has 0 spiro atoms. The normalized spacial score (nSPS) is 26.2. The molecular formula is C15H20ClN3O. The minimum atomic E-state index is -0.0735. The number of halogens is 1. The Morgan fingerprint density at radius 2 is 2.15 bits per heavy atom. The fourth-order valence-corrected chi connectivity index (χ4v) is 3.61. The predicted molar refractivity (Wildman–Crippen MR) is 80.9 cm³/mol.